The molecule has 0 bridgehead atoms. The van der Waals surface area contributed by atoms with Crippen LogP contribution in [0.15, 0.2) is 18.2 Å². The number of ether oxygens (including phenoxy) is 1. The Morgan fingerprint density at radius 1 is 1.15 bits per heavy atom. The molecule has 114 valence electrons. The Hall–Kier alpha value is -1.15. The molecule has 0 aliphatic rings. The normalized spacial score (nSPS) is 14.2. The minimum atomic E-state index is -4.90. The van der Waals surface area contributed by atoms with E-state index < -0.39 is 30.8 Å². The van der Waals surface area contributed by atoms with Gasteiger partial charge in [-0.05, 0) is 24.1 Å². The van der Waals surface area contributed by atoms with Gasteiger partial charge >= 0.3 is 12.5 Å². The summed E-state index contributed by atoms with van der Waals surface area (Å²) in [6.07, 6.45) is -10.7. The first-order valence-electron chi connectivity index (χ1n) is 5.35. The molecule has 2 nitrogen and oxygen atoms in total. The number of hydrogen-bond acceptors (Lipinski definition) is 2. The molecule has 1 aromatic carbocycles. The minimum absolute atomic E-state index is 0.203. The van der Waals surface area contributed by atoms with E-state index in [2.05, 4.69) is 4.74 Å². The van der Waals surface area contributed by atoms with Gasteiger partial charge in [-0.3, -0.25) is 0 Å². The summed E-state index contributed by atoms with van der Waals surface area (Å²) >= 11 is 5.57. The predicted molar refractivity (Wildman–Crippen MR) is 60.4 cm³/mol. The van der Waals surface area contributed by atoms with Crippen LogP contribution >= 0.6 is 11.6 Å². The number of alkyl halides is 6. The maximum absolute atomic E-state index is 12.0. The molecule has 20 heavy (non-hydrogen) atoms. The van der Waals surface area contributed by atoms with Crippen molar-refractivity contribution in [3.63, 3.8) is 0 Å². The minimum Gasteiger partial charge on any atom is -0.404 e. The molecule has 0 heterocycles. The Kier molecular flexibility index (Phi) is 5.15. The van der Waals surface area contributed by atoms with E-state index >= 15 is 0 Å². The van der Waals surface area contributed by atoms with Crippen molar-refractivity contribution in [1.29, 1.82) is 0 Å². The molecule has 0 radical (unpaired) electrons. The highest BCUT2D eigenvalue weighted by molar-refractivity contribution is 6.32. The van der Waals surface area contributed by atoms with Crippen molar-refractivity contribution in [2.45, 2.75) is 31.4 Å². The highest BCUT2D eigenvalue weighted by atomic mass is 35.5. The summed E-state index contributed by atoms with van der Waals surface area (Å²) in [5.74, 6) is -0.633. The van der Waals surface area contributed by atoms with Crippen molar-refractivity contribution in [1.82, 2.24) is 0 Å². The lowest BCUT2D eigenvalue weighted by Crippen LogP contribution is -2.18. The SMILES string of the molecule is N[C@@H](CCC(F)(F)F)c1ccc(OC(F)(F)F)c(Cl)c1. The molecule has 0 fully saturated rings. The van der Waals surface area contributed by atoms with Gasteiger partial charge in [0.05, 0.1) is 5.02 Å². The number of benzene rings is 1. The van der Waals surface area contributed by atoms with Gasteiger partial charge in [-0.25, -0.2) is 0 Å². The molecular weight excluding hydrogens is 312 g/mol. The second-order valence-electron chi connectivity index (χ2n) is 4.00. The van der Waals surface area contributed by atoms with Crippen molar-refractivity contribution in [2.75, 3.05) is 0 Å². The third-order valence-electron chi connectivity index (χ3n) is 2.35. The average molecular weight is 322 g/mol. The van der Waals surface area contributed by atoms with Crippen molar-refractivity contribution in [3.05, 3.63) is 28.8 Å². The maximum Gasteiger partial charge on any atom is 0.573 e. The van der Waals surface area contributed by atoms with Crippen LogP contribution in [-0.4, -0.2) is 12.5 Å². The highest BCUT2D eigenvalue weighted by Gasteiger charge is 2.32. The molecule has 0 aliphatic carbocycles. The van der Waals surface area contributed by atoms with Crippen LogP contribution in [0.4, 0.5) is 26.3 Å². The molecular formula is C11H10ClF6NO. The van der Waals surface area contributed by atoms with Crippen LogP contribution in [0.3, 0.4) is 0 Å². The fourth-order valence-corrected chi connectivity index (χ4v) is 1.67. The third kappa shape index (κ3) is 5.87. The number of rotatable bonds is 4. The lowest BCUT2D eigenvalue weighted by molar-refractivity contribution is -0.274. The summed E-state index contributed by atoms with van der Waals surface area (Å²) < 4.78 is 75.7. The molecule has 0 saturated carbocycles. The summed E-state index contributed by atoms with van der Waals surface area (Å²) in [6.45, 7) is 0. The van der Waals surface area contributed by atoms with Gasteiger partial charge in [0, 0.05) is 12.5 Å². The van der Waals surface area contributed by atoms with E-state index in [0.717, 1.165) is 18.2 Å². The first kappa shape index (κ1) is 16.9. The fraction of sp³-hybridized carbons (Fsp3) is 0.455. The van der Waals surface area contributed by atoms with Gasteiger partial charge in [0.1, 0.15) is 5.75 Å². The molecule has 0 spiro atoms. The molecule has 0 amide bonds. The van der Waals surface area contributed by atoms with E-state index in [1.54, 1.807) is 0 Å². The molecule has 2 N–H and O–H groups in total. The van der Waals surface area contributed by atoms with Crippen LogP contribution in [0.5, 0.6) is 5.75 Å². The first-order chi connectivity index (χ1) is 8.98. The Morgan fingerprint density at radius 2 is 1.75 bits per heavy atom. The van der Waals surface area contributed by atoms with Crippen LogP contribution < -0.4 is 10.5 Å². The Bertz CT molecular complexity index is 459. The zero-order valence-electron chi connectivity index (χ0n) is 9.85. The highest BCUT2D eigenvalue weighted by Crippen LogP contribution is 2.33. The fourth-order valence-electron chi connectivity index (χ4n) is 1.44. The summed E-state index contributed by atoms with van der Waals surface area (Å²) in [5.41, 5.74) is 5.73. The van der Waals surface area contributed by atoms with Crippen LogP contribution in [0, 0.1) is 0 Å². The first-order valence-corrected chi connectivity index (χ1v) is 5.73. The molecule has 0 aromatic heterocycles. The molecule has 0 aliphatic heterocycles. The van der Waals surface area contributed by atoms with E-state index in [1.807, 2.05) is 0 Å². The zero-order valence-corrected chi connectivity index (χ0v) is 10.6. The van der Waals surface area contributed by atoms with E-state index in [9.17, 15) is 26.3 Å². The van der Waals surface area contributed by atoms with Gasteiger partial charge in [0.25, 0.3) is 0 Å². The Morgan fingerprint density at radius 3 is 2.20 bits per heavy atom. The lowest BCUT2D eigenvalue weighted by Gasteiger charge is -2.16. The number of nitrogens with two attached hydrogens (primary N) is 1. The van der Waals surface area contributed by atoms with E-state index in [1.165, 1.54) is 0 Å². The summed E-state index contributed by atoms with van der Waals surface area (Å²) in [6, 6.07) is 2.14. The quantitative estimate of drug-likeness (QED) is 0.824. The van der Waals surface area contributed by atoms with Gasteiger partial charge in [0.15, 0.2) is 0 Å². The van der Waals surface area contributed by atoms with Gasteiger partial charge in [-0.2, -0.15) is 13.2 Å². The largest absolute Gasteiger partial charge is 0.573 e. The third-order valence-corrected chi connectivity index (χ3v) is 2.64. The summed E-state index contributed by atoms with van der Waals surface area (Å²) in [5, 5.41) is -0.373. The molecule has 1 atom stereocenters. The molecule has 0 unspecified atom stereocenters. The van der Waals surface area contributed by atoms with Crippen molar-refractivity contribution >= 4 is 11.6 Å². The molecule has 9 heteroatoms. The standard InChI is InChI=1S/C11H10ClF6NO/c12-7-5-6(8(19)3-4-10(13,14)15)1-2-9(7)20-11(16,17)18/h1-2,5,8H,3-4,19H2/t8-/m0/s1. The monoisotopic (exact) mass is 321 g/mol. The second kappa shape index (κ2) is 6.09. The van der Waals surface area contributed by atoms with Crippen LogP contribution in [-0.2, 0) is 0 Å². The molecule has 1 aromatic rings. The number of halogens is 7. The Balaban J connectivity index is 2.76. The van der Waals surface area contributed by atoms with Crippen molar-refractivity contribution in [3.8, 4) is 5.75 Å². The van der Waals surface area contributed by atoms with Crippen LogP contribution in [0.2, 0.25) is 5.02 Å². The van der Waals surface area contributed by atoms with E-state index in [0.29, 0.717) is 0 Å². The Labute approximate surface area is 115 Å². The van der Waals surface area contributed by atoms with Crippen molar-refractivity contribution in [2.24, 2.45) is 5.73 Å². The smallest absolute Gasteiger partial charge is 0.404 e. The predicted octanol–water partition coefficient (Wildman–Crippen LogP) is 4.58. The van der Waals surface area contributed by atoms with Crippen molar-refractivity contribution < 1.29 is 31.1 Å². The van der Waals surface area contributed by atoms with E-state index in [4.69, 9.17) is 17.3 Å². The topological polar surface area (TPSA) is 35.2 Å². The average Bonchev–Trinajstić information content (AvgIpc) is 2.26. The van der Waals surface area contributed by atoms with Crippen LogP contribution in [0.25, 0.3) is 0 Å². The summed E-state index contributed by atoms with van der Waals surface area (Å²) in [7, 11) is 0. The maximum atomic E-state index is 12.0. The van der Waals surface area contributed by atoms with Gasteiger partial charge in [-0.1, -0.05) is 17.7 Å². The molecule has 0 saturated heterocycles. The van der Waals surface area contributed by atoms with Gasteiger partial charge in [0.2, 0.25) is 0 Å². The van der Waals surface area contributed by atoms with Gasteiger partial charge < -0.3 is 10.5 Å². The number of hydrogen-bond donors (Lipinski definition) is 1. The second-order valence-corrected chi connectivity index (χ2v) is 4.41. The zero-order chi connectivity index (χ0) is 15.6. The molecule has 1 rings (SSSR count). The van der Waals surface area contributed by atoms with Gasteiger partial charge in [-0.15, -0.1) is 13.2 Å². The lowest BCUT2D eigenvalue weighted by atomic mass is 10.0. The van der Waals surface area contributed by atoms with Crippen LogP contribution in [0.1, 0.15) is 24.4 Å². The van der Waals surface area contributed by atoms with E-state index in [-0.39, 0.29) is 17.0 Å². The summed E-state index contributed by atoms with van der Waals surface area (Å²) in [4.78, 5) is 0.